The Labute approximate surface area is 95.2 Å². The standard InChI is InChI=1S/C13H28N2/c1-4-12(3)13(10-14)15-8-5-6-11(2)7-9-15/h11-13H,4-10,14H2,1-3H3. The summed E-state index contributed by atoms with van der Waals surface area (Å²) in [5.74, 6) is 1.65. The zero-order chi connectivity index (χ0) is 11.3. The fraction of sp³-hybridized carbons (Fsp3) is 1.00. The van der Waals surface area contributed by atoms with Gasteiger partial charge in [0.25, 0.3) is 0 Å². The van der Waals surface area contributed by atoms with Crippen LogP contribution in [-0.2, 0) is 0 Å². The molecule has 1 rings (SSSR count). The van der Waals surface area contributed by atoms with Gasteiger partial charge >= 0.3 is 0 Å². The van der Waals surface area contributed by atoms with E-state index in [0.717, 1.165) is 18.4 Å². The molecule has 2 N–H and O–H groups in total. The first-order chi connectivity index (χ1) is 7.19. The van der Waals surface area contributed by atoms with Crippen LogP contribution in [0.3, 0.4) is 0 Å². The second-order valence-corrected chi connectivity index (χ2v) is 5.26. The lowest BCUT2D eigenvalue weighted by Crippen LogP contribution is -2.45. The number of hydrogen-bond donors (Lipinski definition) is 1. The van der Waals surface area contributed by atoms with E-state index in [1.54, 1.807) is 0 Å². The number of rotatable bonds is 4. The minimum absolute atomic E-state index is 0.611. The summed E-state index contributed by atoms with van der Waals surface area (Å²) in [5, 5.41) is 0. The molecule has 0 spiro atoms. The first-order valence-corrected chi connectivity index (χ1v) is 6.63. The second kappa shape index (κ2) is 6.49. The van der Waals surface area contributed by atoms with E-state index in [-0.39, 0.29) is 0 Å². The molecule has 1 heterocycles. The third-order valence-electron chi connectivity index (χ3n) is 4.06. The lowest BCUT2D eigenvalue weighted by molar-refractivity contribution is 0.154. The van der Waals surface area contributed by atoms with Gasteiger partial charge in [0.1, 0.15) is 0 Å². The van der Waals surface area contributed by atoms with Crippen molar-refractivity contribution in [3.8, 4) is 0 Å². The predicted molar refractivity (Wildman–Crippen MR) is 66.9 cm³/mol. The van der Waals surface area contributed by atoms with Crippen LogP contribution in [0.2, 0.25) is 0 Å². The molecule has 3 atom stereocenters. The summed E-state index contributed by atoms with van der Waals surface area (Å²) in [6.45, 7) is 10.3. The van der Waals surface area contributed by atoms with Gasteiger partial charge in [-0.05, 0) is 44.2 Å². The molecule has 0 aromatic carbocycles. The molecule has 2 heteroatoms. The summed E-state index contributed by atoms with van der Waals surface area (Å²) in [6.07, 6.45) is 5.35. The summed E-state index contributed by atoms with van der Waals surface area (Å²) >= 11 is 0. The average Bonchev–Trinajstić information content (AvgIpc) is 2.45. The molecule has 90 valence electrons. The van der Waals surface area contributed by atoms with Crippen molar-refractivity contribution in [3.63, 3.8) is 0 Å². The Kier molecular flexibility index (Phi) is 5.62. The molecule has 0 saturated carbocycles. The fourth-order valence-corrected chi connectivity index (χ4v) is 2.63. The van der Waals surface area contributed by atoms with Gasteiger partial charge in [0.15, 0.2) is 0 Å². The minimum atomic E-state index is 0.611. The largest absolute Gasteiger partial charge is 0.329 e. The molecule has 0 aromatic heterocycles. The van der Waals surface area contributed by atoms with Gasteiger partial charge < -0.3 is 5.73 Å². The molecule has 0 radical (unpaired) electrons. The maximum atomic E-state index is 5.92. The third-order valence-corrected chi connectivity index (χ3v) is 4.06. The van der Waals surface area contributed by atoms with Crippen LogP contribution >= 0.6 is 0 Å². The topological polar surface area (TPSA) is 29.3 Å². The minimum Gasteiger partial charge on any atom is -0.329 e. The van der Waals surface area contributed by atoms with E-state index in [1.807, 2.05) is 0 Å². The van der Waals surface area contributed by atoms with Gasteiger partial charge in [-0.3, -0.25) is 4.90 Å². The van der Waals surface area contributed by atoms with Crippen LogP contribution < -0.4 is 5.73 Å². The SMILES string of the molecule is CCC(C)C(CN)N1CCCC(C)CC1. The highest BCUT2D eigenvalue weighted by molar-refractivity contribution is 4.79. The maximum Gasteiger partial charge on any atom is 0.0243 e. The van der Waals surface area contributed by atoms with Gasteiger partial charge in [0.2, 0.25) is 0 Å². The summed E-state index contributed by atoms with van der Waals surface area (Å²) < 4.78 is 0. The van der Waals surface area contributed by atoms with E-state index in [0.29, 0.717) is 6.04 Å². The van der Waals surface area contributed by atoms with Crippen LogP contribution in [0.15, 0.2) is 0 Å². The van der Waals surface area contributed by atoms with Gasteiger partial charge in [-0.1, -0.05) is 27.2 Å². The van der Waals surface area contributed by atoms with E-state index in [4.69, 9.17) is 5.73 Å². The van der Waals surface area contributed by atoms with Crippen molar-refractivity contribution in [1.29, 1.82) is 0 Å². The zero-order valence-electron chi connectivity index (χ0n) is 10.7. The molecule has 3 unspecified atom stereocenters. The van der Waals surface area contributed by atoms with Crippen molar-refractivity contribution in [2.75, 3.05) is 19.6 Å². The zero-order valence-corrected chi connectivity index (χ0v) is 10.7. The molecule has 0 aliphatic carbocycles. The Bertz CT molecular complexity index is 170. The molecule has 0 amide bonds. The van der Waals surface area contributed by atoms with Crippen molar-refractivity contribution >= 4 is 0 Å². The normalized spacial score (nSPS) is 28.4. The highest BCUT2D eigenvalue weighted by atomic mass is 15.2. The molecular weight excluding hydrogens is 184 g/mol. The summed E-state index contributed by atoms with van der Waals surface area (Å²) in [5.41, 5.74) is 5.92. The van der Waals surface area contributed by atoms with Crippen molar-refractivity contribution < 1.29 is 0 Å². The fourth-order valence-electron chi connectivity index (χ4n) is 2.63. The molecule has 2 nitrogen and oxygen atoms in total. The quantitative estimate of drug-likeness (QED) is 0.776. The molecular formula is C13H28N2. The highest BCUT2D eigenvalue weighted by Crippen LogP contribution is 2.21. The molecule has 1 aliphatic rings. The molecule has 1 saturated heterocycles. The van der Waals surface area contributed by atoms with Gasteiger partial charge in [-0.15, -0.1) is 0 Å². The van der Waals surface area contributed by atoms with Gasteiger partial charge in [0.05, 0.1) is 0 Å². The molecule has 0 bridgehead atoms. The smallest absolute Gasteiger partial charge is 0.0243 e. The van der Waals surface area contributed by atoms with Crippen molar-refractivity contribution in [1.82, 2.24) is 4.90 Å². The molecule has 1 aliphatic heterocycles. The summed E-state index contributed by atoms with van der Waals surface area (Å²) in [4.78, 5) is 2.64. The number of likely N-dealkylation sites (tertiary alicyclic amines) is 1. The predicted octanol–water partition coefficient (Wildman–Crippen LogP) is 2.48. The van der Waals surface area contributed by atoms with Crippen LogP contribution in [0.5, 0.6) is 0 Å². The maximum absolute atomic E-state index is 5.92. The summed E-state index contributed by atoms with van der Waals surface area (Å²) in [6, 6.07) is 0.611. The molecule has 15 heavy (non-hydrogen) atoms. The van der Waals surface area contributed by atoms with Gasteiger partial charge in [0, 0.05) is 12.6 Å². The Morgan fingerprint density at radius 2 is 2.07 bits per heavy atom. The van der Waals surface area contributed by atoms with Gasteiger partial charge in [-0.25, -0.2) is 0 Å². The number of hydrogen-bond acceptors (Lipinski definition) is 2. The highest BCUT2D eigenvalue weighted by Gasteiger charge is 2.23. The van der Waals surface area contributed by atoms with Crippen molar-refractivity contribution in [2.24, 2.45) is 17.6 Å². The van der Waals surface area contributed by atoms with E-state index in [2.05, 4.69) is 25.7 Å². The van der Waals surface area contributed by atoms with Crippen LogP contribution in [0, 0.1) is 11.8 Å². The van der Waals surface area contributed by atoms with Crippen LogP contribution in [0.4, 0.5) is 0 Å². The number of nitrogens with zero attached hydrogens (tertiary/aromatic N) is 1. The lowest BCUT2D eigenvalue weighted by atomic mass is 9.97. The average molecular weight is 212 g/mol. The van der Waals surface area contributed by atoms with Crippen LogP contribution in [0.25, 0.3) is 0 Å². The Hall–Kier alpha value is -0.0800. The van der Waals surface area contributed by atoms with Crippen molar-refractivity contribution in [2.45, 2.75) is 52.5 Å². The molecule has 0 aromatic rings. The van der Waals surface area contributed by atoms with E-state index in [1.165, 1.54) is 38.8 Å². The summed E-state index contributed by atoms with van der Waals surface area (Å²) in [7, 11) is 0. The number of nitrogens with two attached hydrogens (primary N) is 1. The monoisotopic (exact) mass is 212 g/mol. The first kappa shape index (κ1) is 13.0. The first-order valence-electron chi connectivity index (χ1n) is 6.63. The van der Waals surface area contributed by atoms with Gasteiger partial charge in [-0.2, -0.15) is 0 Å². The third kappa shape index (κ3) is 3.76. The second-order valence-electron chi connectivity index (χ2n) is 5.26. The lowest BCUT2D eigenvalue weighted by Gasteiger charge is -2.33. The van der Waals surface area contributed by atoms with Crippen LogP contribution in [-0.4, -0.2) is 30.6 Å². The Morgan fingerprint density at radius 1 is 1.33 bits per heavy atom. The van der Waals surface area contributed by atoms with Crippen molar-refractivity contribution in [3.05, 3.63) is 0 Å². The van der Waals surface area contributed by atoms with E-state index >= 15 is 0 Å². The van der Waals surface area contributed by atoms with E-state index in [9.17, 15) is 0 Å². The Morgan fingerprint density at radius 3 is 2.67 bits per heavy atom. The van der Waals surface area contributed by atoms with Crippen LogP contribution in [0.1, 0.15) is 46.5 Å². The Balaban J connectivity index is 2.51. The molecule has 1 fully saturated rings. The van der Waals surface area contributed by atoms with E-state index < -0.39 is 0 Å².